The fourth-order valence-corrected chi connectivity index (χ4v) is 3.14. The van der Waals surface area contributed by atoms with Crippen LogP contribution in [0.4, 0.5) is 9.18 Å². The van der Waals surface area contributed by atoms with E-state index in [2.05, 4.69) is 5.32 Å². The second-order valence-corrected chi connectivity index (χ2v) is 5.89. The van der Waals surface area contributed by atoms with Crippen molar-refractivity contribution in [2.24, 2.45) is 5.92 Å². The van der Waals surface area contributed by atoms with Gasteiger partial charge in [0.1, 0.15) is 11.6 Å². The summed E-state index contributed by atoms with van der Waals surface area (Å²) in [4.78, 5) is 24.4. The number of ether oxygens (including phenoxy) is 1. The molecule has 1 aromatic rings. The lowest BCUT2D eigenvalue weighted by molar-refractivity contribution is -0.124. The molecule has 1 saturated carbocycles. The van der Waals surface area contributed by atoms with E-state index in [1.54, 1.807) is 25.1 Å². The fraction of sp³-hybridized carbons (Fsp3) is 0.556. The topological polar surface area (TPSA) is 55.4 Å². The summed E-state index contributed by atoms with van der Waals surface area (Å²) in [6.45, 7) is 1.94. The Morgan fingerprint density at radius 3 is 2.78 bits per heavy atom. The predicted octanol–water partition coefficient (Wildman–Crippen LogP) is 4.15. The second-order valence-electron chi connectivity index (χ2n) is 5.89. The number of ketones is 1. The van der Waals surface area contributed by atoms with Crippen LogP contribution in [0.5, 0.6) is 0 Å². The van der Waals surface area contributed by atoms with E-state index in [9.17, 15) is 14.0 Å². The Morgan fingerprint density at radius 1 is 1.30 bits per heavy atom. The highest BCUT2D eigenvalue weighted by Crippen LogP contribution is 2.32. The average molecular weight is 321 g/mol. The normalized spacial score (nSPS) is 20.3. The first kappa shape index (κ1) is 17.4. The molecule has 0 radical (unpaired) electrons. The third-order valence-electron chi connectivity index (χ3n) is 4.29. The van der Waals surface area contributed by atoms with E-state index in [1.165, 1.54) is 6.07 Å². The molecular formula is C18H24FNO3. The Morgan fingerprint density at radius 2 is 2.04 bits per heavy atom. The van der Waals surface area contributed by atoms with Crippen LogP contribution in [0.2, 0.25) is 0 Å². The van der Waals surface area contributed by atoms with Gasteiger partial charge in [-0.1, -0.05) is 37.5 Å². The van der Waals surface area contributed by atoms with Crippen LogP contribution in [0, 0.1) is 11.7 Å². The van der Waals surface area contributed by atoms with Gasteiger partial charge in [0, 0.05) is 17.9 Å². The summed E-state index contributed by atoms with van der Waals surface area (Å²) in [6, 6.07) is 5.60. The molecule has 1 amide bonds. The lowest BCUT2D eigenvalue weighted by Crippen LogP contribution is -2.38. The first-order valence-electron chi connectivity index (χ1n) is 8.34. The standard InChI is InChI=1S/C18H24FNO3/c1-2-23-18(22)20-17(13-9-7-8-11-15(13)19)14-10-5-3-4-6-12-16(14)21/h7-9,11,14,17H,2-6,10,12H2,1H3,(H,20,22)/t14-,17+/m0/s1. The van der Waals surface area contributed by atoms with Crippen LogP contribution in [0.1, 0.15) is 57.1 Å². The van der Waals surface area contributed by atoms with Crippen molar-refractivity contribution in [3.8, 4) is 0 Å². The van der Waals surface area contributed by atoms with E-state index in [0.717, 1.165) is 25.7 Å². The van der Waals surface area contributed by atoms with Crippen molar-refractivity contribution in [2.75, 3.05) is 6.61 Å². The monoisotopic (exact) mass is 321 g/mol. The molecule has 5 heteroatoms. The third-order valence-corrected chi connectivity index (χ3v) is 4.29. The van der Waals surface area contributed by atoms with Crippen LogP contribution < -0.4 is 5.32 Å². The number of halogens is 1. The Bertz CT molecular complexity index is 547. The zero-order chi connectivity index (χ0) is 16.7. The molecule has 0 saturated heterocycles. The van der Waals surface area contributed by atoms with Gasteiger partial charge in [0.05, 0.1) is 12.6 Å². The number of amides is 1. The summed E-state index contributed by atoms with van der Waals surface area (Å²) in [5.74, 6) is -0.726. The van der Waals surface area contributed by atoms with Gasteiger partial charge in [0.25, 0.3) is 0 Å². The number of alkyl carbamates (subject to hydrolysis) is 1. The Kier molecular flexibility index (Phi) is 6.56. The van der Waals surface area contributed by atoms with E-state index < -0.39 is 23.9 Å². The van der Waals surface area contributed by atoms with E-state index in [-0.39, 0.29) is 12.4 Å². The van der Waals surface area contributed by atoms with Crippen molar-refractivity contribution in [1.29, 1.82) is 0 Å². The highest BCUT2D eigenvalue weighted by Gasteiger charge is 2.32. The van der Waals surface area contributed by atoms with E-state index in [1.807, 2.05) is 0 Å². The lowest BCUT2D eigenvalue weighted by Gasteiger charge is -2.28. The predicted molar refractivity (Wildman–Crippen MR) is 85.5 cm³/mol. The Balaban J connectivity index is 2.29. The van der Waals surface area contributed by atoms with E-state index in [0.29, 0.717) is 18.4 Å². The van der Waals surface area contributed by atoms with Crippen LogP contribution >= 0.6 is 0 Å². The van der Waals surface area contributed by atoms with Gasteiger partial charge in [0.15, 0.2) is 0 Å². The summed E-state index contributed by atoms with van der Waals surface area (Å²) in [7, 11) is 0. The molecule has 0 aromatic heterocycles. The molecular weight excluding hydrogens is 297 g/mol. The summed E-state index contributed by atoms with van der Waals surface area (Å²) >= 11 is 0. The number of hydrogen-bond acceptors (Lipinski definition) is 3. The van der Waals surface area contributed by atoms with Gasteiger partial charge in [-0.05, 0) is 25.8 Å². The Hall–Kier alpha value is -1.91. The van der Waals surface area contributed by atoms with Crippen molar-refractivity contribution < 1.29 is 18.7 Å². The quantitative estimate of drug-likeness (QED) is 0.906. The third kappa shape index (κ3) is 4.78. The van der Waals surface area contributed by atoms with Gasteiger partial charge in [0.2, 0.25) is 0 Å². The molecule has 126 valence electrons. The molecule has 0 unspecified atom stereocenters. The average Bonchev–Trinajstić information content (AvgIpc) is 2.51. The maximum Gasteiger partial charge on any atom is 0.407 e. The van der Waals surface area contributed by atoms with Crippen molar-refractivity contribution >= 4 is 11.9 Å². The van der Waals surface area contributed by atoms with Gasteiger partial charge in [-0.3, -0.25) is 4.79 Å². The van der Waals surface area contributed by atoms with Crippen molar-refractivity contribution in [3.05, 3.63) is 35.6 Å². The minimum atomic E-state index is -0.680. The lowest BCUT2D eigenvalue weighted by atomic mass is 9.82. The van der Waals surface area contributed by atoms with Crippen LogP contribution in [-0.2, 0) is 9.53 Å². The smallest absolute Gasteiger partial charge is 0.407 e. The molecule has 23 heavy (non-hydrogen) atoms. The zero-order valence-electron chi connectivity index (χ0n) is 13.5. The molecule has 4 nitrogen and oxygen atoms in total. The second kappa shape index (κ2) is 8.65. The Labute approximate surface area is 136 Å². The number of Topliss-reactive ketones (excluding diaryl/α,β-unsaturated/α-hetero) is 1. The minimum absolute atomic E-state index is 0.0924. The molecule has 1 fully saturated rings. The molecule has 1 aliphatic carbocycles. The van der Waals surface area contributed by atoms with Gasteiger partial charge in [-0.15, -0.1) is 0 Å². The summed E-state index contributed by atoms with van der Waals surface area (Å²) in [5, 5.41) is 2.70. The van der Waals surface area contributed by atoms with E-state index >= 15 is 0 Å². The summed E-state index contributed by atoms with van der Waals surface area (Å²) in [6.07, 6.45) is 4.41. The summed E-state index contributed by atoms with van der Waals surface area (Å²) in [5.41, 5.74) is 0.347. The van der Waals surface area contributed by atoms with Crippen molar-refractivity contribution in [2.45, 2.75) is 51.5 Å². The van der Waals surface area contributed by atoms with Gasteiger partial charge in [-0.25, -0.2) is 9.18 Å². The SMILES string of the molecule is CCOC(=O)N[C@H](c1ccccc1F)[C@H]1CCCCCCC1=O. The van der Waals surface area contributed by atoms with Crippen LogP contribution in [-0.4, -0.2) is 18.5 Å². The molecule has 1 N–H and O–H groups in total. The molecule has 2 atom stereocenters. The molecule has 0 aliphatic heterocycles. The molecule has 1 aromatic carbocycles. The van der Waals surface area contributed by atoms with E-state index in [4.69, 9.17) is 4.74 Å². The summed E-state index contributed by atoms with van der Waals surface area (Å²) < 4.78 is 19.2. The fourth-order valence-electron chi connectivity index (χ4n) is 3.14. The maximum atomic E-state index is 14.2. The van der Waals surface area contributed by atoms with Crippen molar-refractivity contribution in [1.82, 2.24) is 5.32 Å². The van der Waals surface area contributed by atoms with Crippen molar-refractivity contribution in [3.63, 3.8) is 0 Å². The zero-order valence-corrected chi connectivity index (χ0v) is 13.5. The maximum absolute atomic E-state index is 14.2. The molecule has 0 bridgehead atoms. The number of carbonyl (C=O) groups is 2. The molecule has 0 heterocycles. The van der Waals surface area contributed by atoms with Crippen LogP contribution in [0.25, 0.3) is 0 Å². The number of benzene rings is 1. The number of nitrogens with one attached hydrogen (secondary N) is 1. The first-order chi connectivity index (χ1) is 11.1. The van der Waals surface area contributed by atoms with Gasteiger partial charge < -0.3 is 10.1 Å². The number of rotatable bonds is 4. The highest BCUT2D eigenvalue weighted by atomic mass is 19.1. The van der Waals surface area contributed by atoms with Crippen LogP contribution in [0.3, 0.4) is 0 Å². The largest absolute Gasteiger partial charge is 0.450 e. The molecule has 0 spiro atoms. The minimum Gasteiger partial charge on any atom is -0.450 e. The molecule has 1 aliphatic rings. The van der Waals surface area contributed by atoms with Gasteiger partial charge in [-0.2, -0.15) is 0 Å². The molecule has 2 rings (SSSR count). The van der Waals surface area contributed by atoms with Gasteiger partial charge >= 0.3 is 6.09 Å². The number of hydrogen-bond donors (Lipinski definition) is 1. The number of carbonyl (C=O) groups excluding carboxylic acids is 2. The van der Waals surface area contributed by atoms with Crippen LogP contribution in [0.15, 0.2) is 24.3 Å². The highest BCUT2D eigenvalue weighted by molar-refractivity contribution is 5.82. The first-order valence-corrected chi connectivity index (χ1v) is 8.34.